The molecule has 0 unspecified atom stereocenters. The second-order valence-electron chi connectivity index (χ2n) is 3.72. The van der Waals surface area contributed by atoms with E-state index < -0.39 is 5.82 Å². The summed E-state index contributed by atoms with van der Waals surface area (Å²) >= 11 is 12.0. The topological polar surface area (TPSA) is 97.5 Å². The number of azide groups is 1. The summed E-state index contributed by atoms with van der Waals surface area (Å²) in [5.74, 6) is -0.499. The van der Waals surface area contributed by atoms with E-state index in [1.54, 1.807) is 6.07 Å². The Morgan fingerprint density at radius 2 is 1.95 bits per heavy atom. The summed E-state index contributed by atoms with van der Waals surface area (Å²) in [7, 11) is 0. The Kier molecular flexibility index (Phi) is 4.45. The minimum Gasteiger partial charge on any atom is -0.339 e. The smallest absolute Gasteiger partial charge is 0.151 e. The van der Waals surface area contributed by atoms with Crippen LogP contribution in [0.25, 0.3) is 10.4 Å². The lowest BCUT2D eigenvalue weighted by Crippen LogP contribution is -1.97. The van der Waals surface area contributed by atoms with Gasteiger partial charge in [0.15, 0.2) is 5.82 Å². The van der Waals surface area contributed by atoms with Crippen molar-refractivity contribution in [1.29, 1.82) is 5.26 Å². The standard InChI is InChI=1S/C12H5Cl2FN6/c13-9-8(5-16)11(20-21-17)19-12(10(9)14)18-7-3-1-6(15)2-4-7/h1-4H,(H,18,19). The van der Waals surface area contributed by atoms with Crippen LogP contribution in [0.2, 0.25) is 10.0 Å². The van der Waals surface area contributed by atoms with Crippen LogP contribution < -0.4 is 5.32 Å². The summed E-state index contributed by atoms with van der Waals surface area (Å²) < 4.78 is 12.9. The molecule has 6 nitrogen and oxygen atoms in total. The van der Waals surface area contributed by atoms with Gasteiger partial charge in [0, 0.05) is 10.6 Å². The summed E-state index contributed by atoms with van der Waals surface area (Å²) in [6.45, 7) is 0. The van der Waals surface area contributed by atoms with Crippen LogP contribution in [0.4, 0.5) is 21.7 Å². The molecular weight excluding hydrogens is 318 g/mol. The highest BCUT2D eigenvalue weighted by atomic mass is 35.5. The van der Waals surface area contributed by atoms with Gasteiger partial charge in [-0.25, -0.2) is 9.37 Å². The molecule has 1 heterocycles. The number of nitriles is 1. The van der Waals surface area contributed by atoms with Gasteiger partial charge in [-0.3, -0.25) is 0 Å². The van der Waals surface area contributed by atoms with E-state index in [1.807, 2.05) is 0 Å². The predicted octanol–water partition coefficient (Wildman–Crippen LogP) is 5.08. The molecule has 0 bridgehead atoms. The number of nitrogens with zero attached hydrogens (tertiary/aromatic N) is 5. The van der Waals surface area contributed by atoms with E-state index in [-0.39, 0.29) is 27.2 Å². The van der Waals surface area contributed by atoms with Crippen molar-refractivity contribution in [3.05, 3.63) is 56.1 Å². The second-order valence-corrected chi connectivity index (χ2v) is 4.48. The van der Waals surface area contributed by atoms with Crippen molar-refractivity contribution in [2.45, 2.75) is 0 Å². The van der Waals surface area contributed by atoms with E-state index in [9.17, 15) is 4.39 Å². The van der Waals surface area contributed by atoms with Crippen LogP contribution in [0.15, 0.2) is 29.4 Å². The van der Waals surface area contributed by atoms with Crippen molar-refractivity contribution in [2.75, 3.05) is 5.32 Å². The average Bonchev–Trinajstić information content (AvgIpc) is 2.47. The zero-order valence-corrected chi connectivity index (χ0v) is 11.7. The van der Waals surface area contributed by atoms with E-state index >= 15 is 0 Å². The number of anilines is 2. The van der Waals surface area contributed by atoms with Gasteiger partial charge in [0.25, 0.3) is 0 Å². The maximum absolute atomic E-state index is 12.9. The highest BCUT2D eigenvalue weighted by Gasteiger charge is 2.16. The molecule has 0 aliphatic carbocycles. The van der Waals surface area contributed by atoms with E-state index in [0.717, 1.165) is 0 Å². The van der Waals surface area contributed by atoms with E-state index in [4.69, 9.17) is 34.0 Å². The molecule has 0 atom stereocenters. The third kappa shape index (κ3) is 3.15. The Labute approximate surface area is 128 Å². The van der Waals surface area contributed by atoms with Crippen molar-refractivity contribution in [3.8, 4) is 6.07 Å². The summed E-state index contributed by atoms with van der Waals surface area (Å²) in [6, 6.07) is 7.19. The predicted molar refractivity (Wildman–Crippen MR) is 77.5 cm³/mol. The van der Waals surface area contributed by atoms with Gasteiger partial charge in [-0.05, 0) is 34.9 Å². The molecule has 21 heavy (non-hydrogen) atoms. The molecule has 104 valence electrons. The van der Waals surface area contributed by atoms with E-state index in [2.05, 4.69) is 20.3 Å². The van der Waals surface area contributed by atoms with Crippen molar-refractivity contribution in [2.24, 2.45) is 5.11 Å². The SMILES string of the molecule is N#Cc1c(N=[N+]=[N-])nc(Nc2ccc(F)cc2)c(Cl)c1Cl. The number of halogens is 3. The Balaban J connectivity index is 2.51. The molecule has 0 amide bonds. The normalized spacial score (nSPS) is 9.62. The Hall–Kier alpha value is -2.52. The number of rotatable bonds is 3. The number of aromatic nitrogens is 1. The van der Waals surface area contributed by atoms with Crippen LogP contribution in [0.3, 0.4) is 0 Å². The average molecular weight is 323 g/mol. The molecule has 0 saturated carbocycles. The summed E-state index contributed by atoms with van der Waals surface area (Å²) in [5, 5.41) is 15.0. The molecule has 0 saturated heterocycles. The second kappa shape index (κ2) is 6.29. The molecule has 1 aromatic heterocycles. The largest absolute Gasteiger partial charge is 0.339 e. The first kappa shape index (κ1) is 14.9. The molecule has 0 aliphatic heterocycles. The van der Waals surface area contributed by atoms with Crippen LogP contribution in [0, 0.1) is 17.1 Å². The quantitative estimate of drug-likeness (QED) is 0.484. The fraction of sp³-hybridized carbons (Fsp3) is 0. The zero-order valence-electron chi connectivity index (χ0n) is 10.2. The highest BCUT2D eigenvalue weighted by Crippen LogP contribution is 2.37. The minimum absolute atomic E-state index is 0.00516. The van der Waals surface area contributed by atoms with Crippen LogP contribution in [-0.4, -0.2) is 4.98 Å². The first-order valence-corrected chi connectivity index (χ1v) is 6.19. The van der Waals surface area contributed by atoms with Crippen molar-refractivity contribution >= 4 is 40.5 Å². The monoisotopic (exact) mass is 322 g/mol. The van der Waals surface area contributed by atoms with Crippen LogP contribution >= 0.6 is 23.2 Å². The Bertz CT molecular complexity index is 778. The van der Waals surface area contributed by atoms with Crippen LogP contribution in [0.1, 0.15) is 5.56 Å². The number of hydrogen-bond acceptors (Lipinski definition) is 4. The molecule has 0 spiro atoms. The number of hydrogen-bond donors (Lipinski definition) is 1. The third-order valence-corrected chi connectivity index (χ3v) is 3.26. The molecule has 0 radical (unpaired) electrons. The van der Waals surface area contributed by atoms with Crippen molar-refractivity contribution in [1.82, 2.24) is 4.98 Å². The van der Waals surface area contributed by atoms with E-state index in [0.29, 0.717) is 5.69 Å². The summed E-state index contributed by atoms with van der Waals surface area (Å²) in [4.78, 5) is 6.52. The summed E-state index contributed by atoms with van der Waals surface area (Å²) in [5.41, 5.74) is 8.86. The molecule has 2 rings (SSSR count). The maximum Gasteiger partial charge on any atom is 0.151 e. The van der Waals surface area contributed by atoms with Gasteiger partial charge in [0.05, 0.1) is 5.02 Å². The lowest BCUT2D eigenvalue weighted by molar-refractivity contribution is 0.628. The molecule has 0 aliphatic rings. The van der Waals surface area contributed by atoms with Gasteiger partial charge in [0.2, 0.25) is 0 Å². The van der Waals surface area contributed by atoms with Crippen LogP contribution in [-0.2, 0) is 0 Å². The van der Waals surface area contributed by atoms with Gasteiger partial charge in [0.1, 0.15) is 28.3 Å². The number of benzene rings is 1. The third-order valence-electron chi connectivity index (χ3n) is 2.42. The minimum atomic E-state index is -0.396. The lowest BCUT2D eigenvalue weighted by atomic mass is 10.2. The van der Waals surface area contributed by atoms with Crippen LogP contribution in [0.5, 0.6) is 0 Å². The van der Waals surface area contributed by atoms with Gasteiger partial charge in [-0.1, -0.05) is 23.2 Å². The number of pyridine rings is 1. The first-order chi connectivity index (χ1) is 10.1. The number of nitrogens with one attached hydrogen (secondary N) is 1. The molecule has 1 N–H and O–H groups in total. The van der Waals surface area contributed by atoms with Gasteiger partial charge in [-0.2, -0.15) is 5.26 Å². The highest BCUT2D eigenvalue weighted by molar-refractivity contribution is 6.44. The van der Waals surface area contributed by atoms with Crippen molar-refractivity contribution < 1.29 is 4.39 Å². The molecule has 1 aromatic carbocycles. The van der Waals surface area contributed by atoms with Gasteiger partial charge < -0.3 is 5.32 Å². The maximum atomic E-state index is 12.9. The molecule has 0 fully saturated rings. The van der Waals surface area contributed by atoms with E-state index in [1.165, 1.54) is 24.3 Å². The van der Waals surface area contributed by atoms with Gasteiger partial charge in [-0.15, -0.1) is 0 Å². The van der Waals surface area contributed by atoms with Crippen molar-refractivity contribution in [3.63, 3.8) is 0 Å². The molecular formula is C12H5Cl2FN6. The molecule has 9 heteroatoms. The Morgan fingerprint density at radius 3 is 2.52 bits per heavy atom. The summed E-state index contributed by atoms with van der Waals surface area (Å²) in [6.07, 6.45) is 0. The molecule has 2 aromatic rings. The van der Waals surface area contributed by atoms with Gasteiger partial charge >= 0.3 is 0 Å². The fourth-order valence-electron chi connectivity index (χ4n) is 1.49. The first-order valence-electron chi connectivity index (χ1n) is 5.43. The lowest BCUT2D eigenvalue weighted by Gasteiger charge is -2.10. The fourth-order valence-corrected chi connectivity index (χ4v) is 1.89. The zero-order chi connectivity index (χ0) is 15.4. The Morgan fingerprint density at radius 1 is 1.29 bits per heavy atom.